The van der Waals surface area contributed by atoms with Crippen molar-refractivity contribution in [2.75, 3.05) is 0 Å². The van der Waals surface area contributed by atoms with Crippen LogP contribution in [0.25, 0.3) is 0 Å². The lowest BCUT2D eigenvalue weighted by Crippen LogP contribution is -2.52. The normalized spacial score (nSPS) is 12.8. The van der Waals surface area contributed by atoms with Crippen molar-refractivity contribution >= 4 is 12.0 Å². The maximum Gasteiger partial charge on any atom is 0.326 e. The second-order valence-corrected chi connectivity index (χ2v) is 5.48. The second-order valence-electron chi connectivity index (χ2n) is 5.48. The largest absolute Gasteiger partial charge is 0.480 e. The molecule has 0 saturated heterocycles. The highest BCUT2D eigenvalue weighted by atomic mass is 16.4. The number of carboxylic acid groups (broad SMARTS) is 1. The van der Waals surface area contributed by atoms with Crippen LogP contribution in [-0.4, -0.2) is 33.3 Å². The van der Waals surface area contributed by atoms with Crippen molar-refractivity contribution in [3.63, 3.8) is 0 Å². The quantitative estimate of drug-likeness (QED) is 0.653. The molecule has 1 rings (SSSR count). The van der Waals surface area contributed by atoms with Crippen LogP contribution in [0.2, 0.25) is 0 Å². The molecule has 0 saturated carbocycles. The maximum atomic E-state index is 11.7. The van der Waals surface area contributed by atoms with Gasteiger partial charge in [-0.25, -0.2) is 9.59 Å². The van der Waals surface area contributed by atoms with Crippen LogP contribution in [0.4, 0.5) is 4.79 Å². The molecule has 0 fully saturated rings. The van der Waals surface area contributed by atoms with Gasteiger partial charge in [0.25, 0.3) is 0 Å². The second kappa shape index (κ2) is 5.73. The number of urea groups is 1. The average molecular weight is 268 g/mol. The van der Waals surface area contributed by atoms with Gasteiger partial charge < -0.3 is 15.7 Å². The minimum absolute atomic E-state index is 0.296. The highest BCUT2D eigenvalue weighted by Gasteiger charge is 2.32. The summed E-state index contributed by atoms with van der Waals surface area (Å²) < 4.78 is 0. The third-order valence-electron chi connectivity index (χ3n) is 2.76. The van der Waals surface area contributed by atoms with Crippen molar-refractivity contribution in [3.8, 4) is 0 Å². The summed E-state index contributed by atoms with van der Waals surface area (Å²) in [7, 11) is 0. The summed E-state index contributed by atoms with van der Waals surface area (Å²) in [5.74, 6) is -1.05. The lowest BCUT2D eigenvalue weighted by atomic mass is 9.87. The lowest BCUT2D eigenvalue weighted by Gasteiger charge is -2.27. The van der Waals surface area contributed by atoms with Gasteiger partial charge in [-0.2, -0.15) is 5.10 Å². The van der Waals surface area contributed by atoms with Crippen LogP contribution >= 0.6 is 0 Å². The first-order valence-electron chi connectivity index (χ1n) is 5.98. The van der Waals surface area contributed by atoms with Gasteiger partial charge in [0.15, 0.2) is 0 Å². The first-order chi connectivity index (χ1) is 8.71. The van der Waals surface area contributed by atoms with Gasteiger partial charge in [-0.1, -0.05) is 20.8 Å². The third-order valence-corrected chi connectivity index (χ3v) is 2.76. The zero-order valence-corrected chi connectivity index (χ0v) is 11.6. The first-order valence-corrected chi connectivity index (χ1v) is 5.98. The van der Waals surface area contributed by atoms with Crippen molar-refractivity contribution in [1.29, 1.82) is 0 Å². The van der Waals surface area contributed by atoms with Gasteiger partial charge in [0.1, 0.15) is 6.04 Å². The van der Waals surface area contributed by atoms with Crippen molar-refractivity contribution < 1.29 is 14.7 Å². The Kier molecular flexibility index (Phi) is 4.52. The molecule has 0 spiro atoms. The third kappa shape index (κ3) is 4.27. The fourth-order valence-corrected chi connectivity index (χ4v) is 1.56. The molecule has 19 heavy (non-hydrogen) atoms. The topological polar surface area (TPSA) is 107 Å². The van der Waals surface area contributed by atoms with Gasteiger partial charge in [-0.15, -0.1) is 0 Å². The summed E-state index contributed by atoms with van der Waals surface area (Å²) in [5.41, 5.74) is 1.16. The highest BCUT2D eigenvalue weighted by Crippen LogP contribution is 2.19. The molecule has 4 N–H and O–H groups in total. The van der Waals surface area contributed by atoms with E-state index in [1.807, 2.05) is 6.92 Å². The molecular formula is C12H20N4O3. The van der Waals surface area contributed by atoms with Crippen molar-refractivity contribution in [3.05, 3.63) is 17.5 Å². The highest BCUT2D eigenvalue weighted by molar-refractivity contribution is 5.83. The summed E-state index contributed by atoms with van der Waals surface area (Å²) in [6.07, 6.45) is 1.62. The zero-order chi connectivity index (χ0) is 14.6. The van der Waals surface area contributed by atoms with E-state index in [0.717, 1.165) is 11.3 Å². The van der Waals surface area contributed by atoms with Crippen molar-refractivity contribution in [2.24, 2.45) is 5.41 Å². The van der Waals surface area contributed by atoms with E-state index in [0.29, 0.717) is 6.54 Å². The van der Waals surface area contributed by atoms with Crippen LogP contribution in [0.1, 0.15) is 32.0 Å². The lowest BCUT2D eigenvalue weighted by molar-refractivity contribution is -0.141. The summed E-state index contributed by atoms with van der Waals surface area (Å²) in [6, 6.07) is -1.46. The fraction of sp³-hybridized carbons (Fsp3) is 0.583. The summed E-state index contributed by atoms with van der Waals surface area (Å²) in [4.78, 5) is 22.8. The minimum atomic E-state index is -1.05. The number of aliphatic carboxylic acids is 1. The van der Waals surface area contributed by atoms with Gasteiger partial charge >= 0.3 is 12.0 Å². The van der Waals surface area contributed by atoms with E-state index in [4.69, 9.17) is 5.11 Å². The Balaban J connectivity index is 2.55. The Morgan fingerprint density at radius 1 is 1.47 bits per heavy atom. The number of hydrogen-bond acceptors (Lipinski definition) is 3. The molecule has 0 bridgehead atoms. The van der Waals surface area contributed by atoms with E-state index in [1.165, 1.54) is 0 Å². The molecule has 7 nitrogen and oxygen atoms in total. The van der Waals surface area contributed by atoms with Crippen LogP contribution in [0.15, 0.2) is 6.20 Å². The standard InChI is InChI=1S/C12H20N4O3/c1-7-8(6-14-16-7)5-13-11(19)15-9(10(17)18)12(2,3)4/h6,9H,5H2,1-4H3,(H,14,16)(H,17,18)(H2,13,15,19)/t9-/m1/s1. The molecule has 0 aliphatic carbocycles. The number of aryl methyl sites for hydroxylation is 1. The Morgan fingerprint density at radius 3 is 2.53 bits per heavy atom. The van der Waals surface area contributed by atoms with Gasteiger partial charge in [-0.05, 0) is 12.3 Å². The SMILES string of the molecule is Cc1[nH]ncc1CNC(=O)N[C@H](C(=O)O)C(C)(C)C. The molecule has 1 aromatic heterocycles. The van der Waals surface area contributed by atoms with Gasteiger partial charge in [0.2, 0.25) is 0 Å². The predicted octanol–water partition coefficient (Wildman–Crippen LogP) is 1.02. The predicted molar refractivity (Wildman–Crippen MR) is 69.6 cm³/mol. The Bertz CT molecular complexity index is 462. The molecule has 106 valence electrons. The number of aromatic nitrogens is 2. The van der Waals surface area contributed by atoms with Crippen molar-refractivity contribution in [2.45, 2.75) is 40.3 Å². The van der Waals surface area contributed by atoms with Gasteiger partial charge in [-0.3, -0.25) is 5.10 Å². The minimum Gasteiger partial charge on any atom is -0.480 e. The van der Waals surface area contributed by atoms with Crippen LogP contribution in [0, 0.1) is 12.3 Å². The number of nitrogens with one attached hydrogen (secondary N) is 3. The number of carbonyl (C=O) groups excluding carboxylic acids is 1. The average Bonchev–Trinajstić information content (AvgIpc) is 2.67. The van der Waals surface area contributed by atoms with E-state index in [2.05, 4.69) is 20.8 Å². The number of carbonyl (C=O) groups is 2. The van der Waals surface area contributed by atoms with Crippen LogP contribution in [0.3, 0.4) is 0 Å². The van der Waals surface area contributed by atoms with Gasteiger partial charge in [0.05, 0.1) is 6.20 Å². The Labute approximate surface area is 111 Å². The molecule has 2 amide bonds. The monoisotopic (exact) mass is 268 g/mol. The zero-order valence-electron chi connectivity index (χ0n) is 11.6. The molecule has 1 aromatic rings. The van der Waals surface area contributed by atoms with E-state index < -0.39 is 23.5 Å². The smallest absolute Gasteiger partial charge is 0.326 e. The first kappa shape index (κ1) is 15.0. The number of rotatable bonds is 4. The maximum absolute atomic E-state index is 11.7. The van der Waals surface area contributed by atoms with E-state index in [1.54, 1.807) is 27.0 Å². The fourth-order valence-electron chi connectivity index (χ4n) is 1.56. The summed E-state index contributed by atoms with van der Waals surface area (Å²) >= 11 is 0. The molecule has 0 aliphatic rings. The van der Waals surface area contributed by atoms with Crippen LogP contribution < -0.4 is 10.6 Å². The van der Waals surface area contributed by atoms with E-state index in [9.17, 15) is 9.59 Å². The number of H-pyrrole nitrogens is 1. The number of nitrogens with zero attached hydrogens (tertiary/aromatic N) is 1. The molecule has 1 heterocycles. The van der Waals surface area contributed by atoms with Crippen LogP contribution in [0.5, 0.6) is 0 Å². The Morgan fingerprint density at radius 2 is 2.11 bits per heavy atom. The van der Waals surface area contributed by atoms with Crippen LogP contribution in [-0.2, 0) is 11.3 Å². The van der Waals surface area contributed by atoms with E-state index in [-0.39, 0.29) is 0 Å². The van der Waals surface area contributed by atoms with E-state index >= 15 is 0 Å². The van der Waals surface area contributed by atoms with Gasteiger partial charge in [0, 0.05) is 17.8 Å². The van der Waals surface area contributed by atoms with Crippen molar-refractivity contribution in [1.82, 2.24) is 20.8 Å². The number of aromatic amines is 1. The number of hydrogen-bond donors (Lipinski definition) is 4. The molecule has 7 heteroatoms. The molecule has 0 aliphatic heterocycles. The number of amides is 2. The summed E-state index contributed by atoms with van der Waals surface area (Å²) in [5, 5.41) is 20.8. The molecule has 0 unspecified atom stereocenters. The Hall–Kier alpha value is -2.05. The number of carboxylic acids is 1. The molecular weight excluding hydrogens is 248 g/mol. The molecule has 0 radical (unpaired) electrons. The molecule has 0 aromatic carbocycles. The molecule has 1 atom stereocenters. The summed E-state index contributed by atoms with van der Waals surface area (Å²) in [6.45, 7) is 7.41.